The Kier molecular flexibility index (Phi) is 7.65. The van der Waals surface area contributed by atoms with Gasteiger partial charge in [0.05, 0.1) is 13.2 Å². The third-order valence-corrected chi connectivity index (χ3v) is 5.55. The molecule has 7 heteroatoms. The van der Waals surface area contributed by atoms with E-state index in [0.29, 0.717) is 18.0 Å². The van der Waals surface area contributed by atoms with Crippen molar-refractivity contribution in [2.24, 2.45) is 0 Å². The molecule has 30 heavy (non-hydrogen) atoms. The average molecular weight is 416 g/mol. The van der Waals surface area contributed by atoms with Crippen molar-refractivity contribution in [3.05, 3.63) is 59.9 Å². The molecule has 0 bridgehead atoms. The highest BCUT2D eigenvalue weighted by Gasteiger charge is 2.31. The number of amides is 2. The molecule has 0 radical (unpaired) electrons. The number of benzene rings is 2. The number of urea groups is 1. The highest BCUT2D eigenvalue weighted by Crippen LogP contribution is 2.20. The molecular formula is C23H30FN3O3. The van der Waals surface area contributed by atoms with Crippen LogP contribution in [0.1, 0.15) is 25.8 Å². The van der Waals surface area contributed by atoms with E-state index in [0.717, 1.165) is 38.3 Å². The topological polar surface area (TPSA) is 62.8 Å². The number of ether oxygens (including phenoxy) is 2. The second-order valence-corrected chi connectivity index (χ2v) is 7.70. The number of carbonyl (C=O) groups excluding carboxylic acids is 1. The molecule has 1 aliphatic rings. The van der Waals surface area contributed by atoms with Gasteiger partial charge in [-0.2, -0.15) is 0 Å². The van der Waals surface area contributed by atoms with Gasteiger partial charge in [0, 0.05) is 36.9 Å². The maximum atomic E-state index is 13.3. The minimum Gasteiger partial charge on any atom is -0.489 e. The molecule has 0 aromatic heterocycles. The third-order valence-electron chi connectivity index (χ3n) is 5.55. The summed E-state index contributed by atoms with van der Waals surface area (Å²) in [5.41, 5.74) is 1.45. The molecule has 0 aliphatic carbocycles. The van der Waals surface area contributed by atoms with E-state index in [1.165, 1.54) is 12.1 Å². The molecule has 3 rings (SSSR count). The van der Waals surface area contributed by atoms with Crippen LogP contribution in [0.4, 0.5) is 14.9 Å². The van der Waals surface area contributed by atoms with Crippen LogP contribution in [-0.4, -0.2) is 49.3 Å². The fourth-order valence-electron chi connectivity index (χ4n) is 3.47. The molecule has 0 saturated carbocycles. The van der Waals surface area contributed by atoms with E-state index in [-0.39, 0.29) is 24.0 Å². The van der Waals surface area contributed by atoms with Crippen molar-refractivity contribution < 1.29 is 18.7 Å². The van der Waals surface area contributed by atoms with Crippen LogP contribution in [-0.2, 0) is 11.3 Å². The Bertz CT molecular complexity index is 842. The van der Waals surface area contributed by atoms with Crippen LogP contribution in [0, 0.1) is 5.82 Å². The van der Waals surface area contributed by atoms with Gasteiger partial charge in [-0.15, -0.1) is 0 Å². The van der Waals surface area contributed by atoms with Gasteiger partial charge in [0.15, 0.2) is 0 Å². The van der Waals surface area contributed by atoms with E-state index in [2.05, 4.69) is 29.4 Å². The first kappa shape index (κ1) is 22.1. The zero-order chi connectivity index (χ0) is 21.4. The Hall–Kier alpha value is -2.64. The number of nitrogens with zero attached hydrogens (tertiary/aromatic N) is 1. The quantitative estimate of drug-likeness (QED) is 0.683. The van der Waals surface area contributed by atoms with Gasteiger partial charge in [0.2, 0.25) is 0 Å². The number of anilines is 1. The standard InChI is InChI=1S/C23H30FN3O3/c1-3-23(2,27-10-12-29-13-11-27)17-25-22(28)26-20-8-4-6-18(14-20)16-30-21-9-5-7-19(24)15-21/h4-9,14-15H,3,10-13,16-17H2,1-2H3,(H2,25,26,28)/t23-/m0/s1. The summed E-state index contributed by atoms with van der Waals surface area (Å²) in [6.45, 7) is 8.35. The molecule has 1 saturated heterocycles. The van der Waals surface area contributed by atoms with E-state index in [9.17, 15) is 9.18 Å². The summed E-state index contributed by atoms with van der Waals surface area (Å²) in [5.74, 6) is 0.129. The van der Waals surface area contributed by atoms with Crippen molar-refractivity contribution in [3.8, 4) is 5.75 Å². The van der Waals surface area contributed by atoms with Gasteiger partial charge in [0.1, 0.15) is 18.2 Å². The molecule has 6 nitrogen and oxygen atoms in total. The molecule has 2 aromatic rings. The summed E-state index contributed by atoms with van der Waals surface area (Å²) in [5, 5.41) is 5.88. The first-order valence-corrected chi connectivity index (χ1v) is 10.3. The minimum atomic E-state index is -0.337. The summed E-state index contributed by atoms with van der Waals surface area (Å²) in [7, 11) is 0. The van der Waals surface area contributed by atoms with Crippen LogP contribution in [0.5, 0.6) is 5.75 Å². The second kappa shape index (κ2) is 10.4. The molecule has 1 fully saturated rings. The summed E-state index contributed by atoms with van der Waals surface area (Å²) >= 11 is 0. The van der Waals surface area contributed by atoms with Gasteiger partial charge < -0.3 is 20.1 Å². The molecule has 2 aromatic carbocycles. The normalized spacial score (nSPS) is 16.5. The molecular weight excluding hydrogens is 385 g/mol. The lowest BCUT2D eigenvalue weighted by atomic mass is 9.95. The summed E-state index contributed by atoms with van der Waals surface area (Å²) in [6, 6.07) is 13.2. The largest absolute Gasteiger partial charge is 0.489 e. The van der Waals surface area contributed by atoms with Crippen LogP contribution < -0.4 is 15.4 Å². The van der Waals surface area contributed by atoms with E-state index in [1.54, 1.807) is 12.1 Å². The summed E-state index contributed by atoms with van der Waals surface area (Å²) in [6.07, 6.45) is 0.931. The Morgan fingerprint density at radius 3 is 2.70 bits per heavy atom. The summed E-state index contributed by atoms with van der Waals surface area (Å²) < 4.78 is 24.3. The molecule has 1 heterocycles. The van der Waals surface area contributed by atoms with Crippen molar-refractivity contribution in [2.45, 2.75) is 32.4 Å². The van der Waals surface area contributed by atoms with Gasteiger partial charge in [-0.3, -0.25) is 4.90 Å². The van der Waals surface area contributed by atoms with Crippen molar-refractivity contribution in [1.29, 1.82) is 0 Å². The summed E-state index contributed by atoms with van der Waals surface area (Å²) in [4.78, 5) is 14.8. The molecule has 1 atom stereocenters. The maximum Gasteiger partial charge on any atom is 0.319 e. The highest BCUT2D eigenvalue weighted by atomic mass is 19.1. The van der Waals surface area contributed by atoms with Crippen molar-refractivity contribution in [1.82, 2.24) is 10.2 Å². The first-order chi connectivity index (χ1) is 14.5. The van der Waals surface area contributed by atoms with Crippen molar-refractivity contribution in [3.63, 3.8) is 0 Å². The van der Waals surface area contributed by atoms with Gasteiger partial charge in [-0.25, -0.2) is 9.18 Å². The number of hydrogen-bond donors (Lipinski definition) is 2. The molecule has 0 unspecified atom stereocenters. The SMILES string of the molecule is CC[C@@](C)(CNC(=O)Nc1cccc(COc2cccc(F)c2)c1)N1CCOCC1. The van der Waals surface area contributed by atoms with Gasteiger partial charge in [0.25, 0.3) is 0 Å². The first-order valence-electron chi connectivity index (χ1n) is 10.3. The van der Waals surface area contributed by atoms with Crippen LogP contribution in [0.2, 0.25) is 0 Å². The van der Waals surface area contributed by atoms with Crippen molar-refractivity contribution >= 4 is 11.7 Å². The number of hydrogen-bond acceptors (Lipinski definition) is 4. The van der Waals surface area contributed by atoms with Crippen LogP contribution in [0.3, 0.4) is 0 Å². The molecule has 1 aliphatic heterocycles. The van der Waals surface area contributed by atoms with Crippen LogP contribution in [0.15, 0.2) is 48.5 Å². The lowest BCUT2D eigenvalue weighted by Crippen LogP contribution is -2.57. The Morgan fingerprint density at radius 1 is 1.20 bits per heavy atom. The third kappa shape index (κ3) is 6.18. The average Bonchev–Trinajstić information content (AvgIpc) is 2.77. The number of morpholine rings is 1. The van der Waals surface area contributed by atoms with Gasteiger partial charge >= 0.3 is 6.03 Å². The lowest BCUT2D eigenvalue weighted by Gasteiger charge is -2.43. The zero-order valence-corrected chi connectivity index (χ0v) is 17.6. The molecule has 2 amide bonds. The Labute approximate surface area is 177 Å². The van der Waals surface area contributed by atoms with Crippen LogP contribution in [0.25, 0.3) is 0 Å². The smallest absolute Gasteiger partial charge is 0.319 e. The highest BCUT2D eigenvalue weighted by molar-refractivity contribution is 5.89. The second-order valence-electron chi connectivity index (χ2n) is 7.70. The van der Waals surface area contributed by atoms with E-state index < -0.39 is 0 Å². The predicted octanol–water partition coefficient (Wildman–Crippen LogP) is 4.03. The fourth-order valence-corrected chi connectivity index (χ4v) is 3.47. The fraction of sp³-hybridized carbons (Fsp3) is 0.435. The number of rotatable bonds is 8. The number of halogens is 1. The maximum absolute atomic E-state index is 13.3. The van der Waals surface area contributed by atoms with E-state index in [4.69, 9.17) is 9.47 Å². The number of nitrogens with one attached hydrogen (secondary N) is 2. The van der Waals surface area contributed by atoms with Gasteiger partial charge in [-0.05, 0) is 43.2 Å². The zero-order valence-electron chi connectivity index (χ0n) is 17.6. The van der Waals surface area contributed by atoms with Crippen LogP contribution >= 0.6 is 0 Å². The number of carbonyl (C=O) groups is 1. The Balaban J connectivity index is 1.51. The molecule has 162 valence electrons. The monoisotopic (exact) mass is 415 g/mol. The lowest BCUT2D eigenvalue weighted by molar-refractivity contribution is -0.0163. The van der Waals surface area contributed by atoms with E-state index in [1.807, 2.05) is 24.3 Å². The molecule has 2 N–H and O–H groups in total. The van der Waals surface area contributed by atoms with Crippen molar-refractivity contribution in [2.75, 3.05) is 38.2 Å². The molecule has 0 spiro atoms. The minimum absolute atomic E-state index is 0.109. The van der Waals surface area contributed by atoms with Gasteiger partial charge in [-0.1, -0.05) is 25.1 Å². The predicted molar refractivity (Wildman–Crippen MR) is 115 cm³/mol. The van der Waals surface area contributed by atoms with E-state index >= 15 is 0 Å². The Morgan fingerprint density at radius 2 is 1.97 bits per heavy atom.